The Hall–Kier alpha value is -1.97. The molecular weight excluding hydrogens is 202 g/mol. The van der Waals surface area contributed by atoms with E-state index >= 15 is 0 Å². The molecule has 4 heteroatoms. The molecule has 2 N–H and O–H groups in total. The predicted octanol–water partition coefficient (Wildman–Crippen LogP) is 1.62. The van der Waals surface area contributed by atoms with E-state index in [4.69, 9.17) is 10.5 Å². The van der Waals surface area contributed by atoms with E-state index in [0.717, 1.165) is 23.6 Å². The summed E-state index contributed by atoms with van der Waals surface area (Å²) < 4.78 is 7.37. The van der Waals surface area contributed by atoms with E-state index in [9.17, 15) is 0 Å². The maximum absolute atomic E-state index is 5.78. The molecule has 0 aliphatic rings. The summed E-state index contributed by atoms with van der Waals surface area (Å²) in [6.07, 6.45) is 2.43. The van der Waals surface area contributed by atoms with Crippen molar-refractivity contribution in [2.24, 2.45) is 7.05 Å². The van der Waals surface area contributed by atoms with Crippen LogP contribution in [-0.4, -0.2) is 16.4 Å². The SMILES string of the molecule is Cn1ncc(N)c1CCOc1ccccc1. The van der Waals surface area contributed by atoms with Gasteiger partial charge in [0.1, 0.15) is 5.75 Å². The first-order chi connectivity index (χ1) is 7.77. The van der Waals surface area contributed by atoms with Crippen LogP contribution in [0.4, 0.5) is 5.69 Å². The Morgan fingerprint density at radius 1 is 1.31 bits per heavy atom. The smallest absolute Gasteiger partial charge is 0.119 e. The largest absolute Gasteiger partial charge is 0.493 e. The van der Waals surface area contributed by atoms with Crippen molar-refractivity contribution in [3.05, 3.63) is 42.2 Å². The molecule has 1 heterocycles. The topological polar surface area (TPSA) is 53.1 Å². The van der Waals surface area contributed by atoms with Gasteiger partial charge in [-0.2, -0.15) is 5.10 Å². The highest BCUT2D eigenvalue weighted by Gasteiger charge is 2.04. The zero-order chi connectivity index (χ0) is 11.4. The summed E-state index contributed by atoms with van der Waals surface area (Å²) in [6.45, 7) is 0.605. The van der Waals surface area contributed by atoms with Crippen LogP contribution in [0.1, 0.15) is 5.69 Å². The molecule has 0 saturated heterocycles. The third-order valence-corrected chi connectivity index (χ3v) is 2.44. The van der Waals surface area contributed by atoms with Crippen molar-refractivity contribution in [3.8, 4) is 5.75 Å². The van der Waals surface area contributed by atoms with Gasteiger partial charge in [-0.1, -0.05) is 18.2 Å². The molecule has 0 spiro atoms. The normalized spacial score (nSPS) is 10.3. The van der Waals surface area contributed by atoms with Gasteiger partial charge in [0.05, 0.1) is 24.2 Å². The first-order valence-corrected chi connectivity index (χ1v) is 5.21. The third-order valence-electron chi connectivity index (χ3n) is 2.44. The number of benzene rings is 1. The van der Waals surface area contributed by atoms with E-state index < -0.39 is 0 Å². The first kappa shape index (κ1) is 10.5. The van der Waals surface area contributed by atoms with Gasteiger partial charge in [0.2, 0.25) is 0 Å². The molecule has 0 radical (unpaired) electrons. The zero-order valence-corrected chi connectivity index (χ0v) is 9.26. The van der Waals surface area contributed by atoms with Crippen LogP contribution in [0.25, 0.3) is 0 Å². The molecule has 0 bridgehead atoms. The van der Waals surface area contributed by atoms with Gasteiger partial charge in [-0.3, -0.25) is 4.68 Å². The first-order valence-electron chi connectivity index (χ1n) is 5.21. The zero-order valence-electron chi connectivity index (χ0n) is 9.26. The van der Waals surface area contributed by atoms with Gasteiger partial charge in [0, 0.05) is 13.5 Å². The highest BCUT2D eigenvalue weighted by atomic mass is 16.5. The number of nitrogens with zero attached hydrogens (tertiary/aromatic N) is 2. The van der Waals surface area contributed by atoms with Crippen molar-refractivity contribution in [1.82, 2.24) is 9.78 Å². The lowest BCUT2D eigenvalue weighted by Gasteiger charge is -2.06. The van der Waals surface area contributed by atoms with Crippen LogP contribution >= 0.6 is 0 Å². The van der Waals surface area contributed by atoms with E-state index in [0.29, 0.717) is 6.61 Å². The number of hydrogen-bond acceptors (Lipinski definition) is 3. The van der Waals surface area contributed by atoms with Gasteiger partial charge in [0.25, 0.3) is 0 Å². The molecule has 4 nitrogen and oxygen atoms in total. The molecule has 0 unspecified atom stereocenters. The number of aryl methyl sites for hydroxylation is 1. The molecule has 0 atom stereocenters. The fraction of sp³-hybridized carbons (Fsp3) is 0.250. The number of nitrogen functional groups attached to an aromatic ring is 1. The van der Waals surface area contributed by atoms with Gasteiger partial charge in [-0.15, -0.1) is 0 Å². The molecule has 16 heavy (non-hydrogen) atoms. The van der Waals surface area contributed by atoms with Crippen LogP contribution in [0.15, 0.2) is 36.5 Å². The second-order valence-electron chi connectivity index (χ2n) is 3.58. The molecule has 2 aromatic rings. The predicted molar refractivity (Wildman–Crippen MR) is 63.3 cm³/mol. The van der Waals surface area contributed by atoms with E-state index in [1.165, 1.54) is 0 Å². The summed E-state index contributed by atoms with van der Waals surface area (Å²) in [4.78, 5) is 0. The van der Waals surface area contributed by atoms with Crippen molar-refractivity contribution < 1.29 is 4.74 Å². The molecule has 2 rings (SSSR count). The Morgan fingerprint density at radius 2 is 2.06 bits per heavy atom. The summed E-state index contributed by atoms with van der Waals surface area (Å²) in [5, 5.41) is 4.08. The number of hydrogen-bond donors (Lipinski definition) is 1. The number of aromatic nitrogens is 2. The van der Waals surface area contributed by atoms with E-state index in [-0.39, 0.29) is 0 Å². The summed E-state index contributed by atoms with van der Waals surface area (Å²) in [5.41, 5.74) is 7.51. The van der Waals surface area contributed by atoms with Crippen LogP contribution in [-0.2, 0) is 13.5 Å². The van der Waals surface area contributed by atoms with Crippen molar-refractivity contribution >= 4 is 5.69 Å². The van der Waals surface area contributed by atoms with Gasteiger partial charge in [-0.05, 0) is 12.1 Å². The lowest BCUT2D eigenvalue weighted by Crippen LogP contribution is -2.07. The maximum Gasteiger partial charge on any atom is 0.119 e. The fourth-order valence-corrected chi connectivity index (χ4v) is 1.57. The third kappa shape index (κ3) is 2.34. The minimum absolute atomic E-state index is 0.605. The quantitative estimate of drug-likeness (QED) is 0.846. The van der Waals surface area contributed by atoms with Crippen LogP contribution in [0, 0.1) is 0 Å². The standard InChI is InChI=1S/C12H15N3O/c1-15-12(11(13)9-14-15)7-8-16-10-5-3-2-4-6-10/h2-6,9H,7-8,13H2,1H3. The lowest BCUT2D eigenvalue weighted by molar-refractivity contribution is 0.318. The Bertz CT molecular complexity index is 431. The summed E-state index contributed by atoms with van der Waals surface area (Å²) >= 11 is 0. The Labute approximate surface area is 94.6 Å². The van der Waals surface area contributed by atoms with Crippen molar-refractivity contribution in [2.75, 3.05) is 12.3 Å². The molecule has 1 aromatic carbocycles. The van der Waals surface area contributed by atoms with Gasteiger partial charge in [0.15, 0.2) is 0 Å². The van der Waals surface area contributed by atoms with Crippen molar-refractivity contribution in [3.63, 3.8) is 0 Å². The van der Waals surface area contributed by atoms with Crippen LogP contribution in [0.5, 0.6) is 5.75 Å². The maximum atomic E-state index is 5.78. The minimum Gasteiger partial charge on any atom is -0.493 e. The molecule has 0 saturated carbocycles. The second-order valence-corrected chi connectivity index (χ2v) is 3.58. The fourth-order valence-electron chi connectivity index (χ4n) is 1.57. The second kappa shape index (κ2) is 4.70. The Kier molecular flexibility index (Phi) is 3.10. The molecular formula is C12H15N3O. The molecule has 0 aliphatic heterocycles. The number of para-hydroxylation sites is 1. The number of nitrogens with two attached hydrogens (primary N) is 1. The average Bonchev–Trinajstić information content (AvgIpc) is 2.62. The Morgan fingerprint density at radius 3 is 2.69 bits per heavy atom. The monoisotopic (exact) mass is 217 g/mol. The minimum atomic E-state index is 0.605. The van der Waals surface area contributed by atoms with Crippen LogP contribution in [0.2, 0.25) is 0 Å². The average molecular weight is 217 g/mol. The van der Waals surface area contributed by atoms with Gasteiger partial charge >= 0.3 is 0 Å². The van der Waals surface area contributed by atoms with E-state index in [2.05, 4.69) is 5.10 Å². The number of rotatable bonds is 4. The lowest BCUT2D eigenvalue weighted by atomic mass is 10.3. The summed E-state index contributed by atoms with van der Waals surface area (Å²) in [5.74, 6) is 0.878. The van der Waals surface area contributed by atoms with Gasteiger partial charge in [-0.25, -0.2) is 0 Å². The van der Waals surface area contributed by atoms with Gasteiger partial charge < -0.3 is 10.5 Å². The summed E-state index contributed by atoms with van der Waals surface area (Å²) in [6, 6.07) is 9.74. The van der Waals surface area contributed by atoms with E-state index in [1.54, 1.807) is 10.9 Å². The molecule has 0 fully saturated rings. The number of ether oxygens (including phenoxy) is 1. The number of anilines is 1. The molecule has 0 aliphatic carbocycles. The molecule has 84 valence electrons. The van der Waals surface area contributed by atoms with Crippen LogP contribution in [0.3, 0.4) is 0 Å². The highest BCUT2D eigenvalue weighted by Crippen LogP contribution is 2.12. The highest BCUT2D eigenvalue weighted by molar-refractivity contribution is 5.40. The van der Waals surface area contributed by atoms with E-state index in [1.807, 2.05) is 37.4 Å². The molecule has 0 amide bonds. The summed E-state index contributed by atoms with van der Waals surface area (Å²) in [7, 11) is 1.88. The molecule has 1 aromatic heterocycles. The Balaban J connectivity index is 1.89. The van der Waals surface area contributed by atoms with Crippen molar-refractivity contribution in [1.29, 1.82) is 0 Å². The van der Waals surface area contributed by atoms with Crippen molar-refractivity contribution in [2.45, 2.75) is 6.42 Å². The van der Waals surface area contributed by atoms with Crippen LogP contribution < -0.4 is 10.5 Å².